The SMILES string of the molecule is CCCC(C)(CNCC(C)C)Cc1cccc(Cl)c1Cl. The van der Waals surface area contributed by atoms with E-state index in [1.807, 2.05) is 12.1 Å². The average Bonchev–Trinajstić information content (AvgIpc) is 2.35. The molecule has 1 unspecified atom stereocenters. The van der Waals surface area contributed by atoms with Gasteiger partial charge in [0.05, 0.1) is 10.0 Å². The number of benzene rings is 1. The van der Waals surface area contributed by atoms with Gasteiger partial charge in [0.25, 0.3) is 0 Å². The van der Waals surface area contributed by atoms with Crippen LogP contribution in [0.1, 0.15) is 46.1 Å². The van der Waals surface area contributed by atoms with Crippen molar-refractivity contribution in [3.05, 3.63) is 33.8 Å². The number of hydrogen-bond donors (Lipinski definition) is 1. The predicted octanol–water partition coefficient (Wildman–Crippen LogP) is 5.59. The standard InChI is InChI=1S/C17H27Cl2N/c1-5-9-17(4,12-20-11-13(2)3)10-14-7-6-8-15(18)16(14)19/h6-8,13,20H,5,9-12H2,1-4H3. The molecule has 0 saturated heterocycles. The summed E-state index contributed by atoms with van der Waals surface area (Å²) < 4.78 is 0. The number of halogens is 2. The zero-order valence-corrected chi connectivity index (χ0v) is 14.6. The Labute approximate surface area is 134 Å². The predicted molar refractivity (Wildman–Crippen MR) is 90.9 cm³/mol. The first-order valence-corrected chi connectivity index (χ1v) is 8.27. The molecule has 0 aromatic heterocycles. The van der Waals surface area contributed by atoms with Gasteiger partial charge in [-0.15, -0.1) is 0 Å². The van der Waals surface area contributed by atoms with Crippen molar-refractivity contribution in [2.75, 3.05) is 13.1 Å². The Kier molecular flexibility index (Phi) is 7.36. The van der Waals surface area contributed by atoms with Crippen LogP contribution in [0.15, 0.2) is 18.2 Å². The maximum Gasteiger partial charge on any atom is 0.0624 e. The van der Waals surface area contributed by atoms with E-state index >= 15 is 0 Å². The summed E-state index contributed by atoms with van der Waals surface area (Å²) in [7, 11) is 0. The first-order chi connectivity index (χ1) is 9.38. The van der Waals surface area contributed by atoms with Crippen molar-refractivity contribution in [3.63, 3.8) is 0 Å². The van der Waals surface area contributed by atoms with Gasteiger partial charge in [0.15, 0.2) is 0 Å². The van der Waals surface area contributed by atoms with E-state index in [4.69, 9.17) is 23.2 Å². The van der Waals surface area contributed by atoms with E-state index in [2.05, 4.69) is 39.1 Å². The van der Waals surface area contributed by atoms with Gasteiger partial charge in [-0.25, -0.2) is 0 Å². The third-order valence-corrected chi connectivity index (χ3v) is 4.46. The molecule has 1 aromatic rings. The third-order valence-electron chi connectivity index (χ3n) is 3.61. The van der Waals surface area contributed by atoms with Crippen LogP contribution in [0.25, 0.3) is 0 Å². The maximum atomic E-state index is 6.33. The molecule has 1 aromatic carbocycles. The molecule has 0 spiro atoms. The summed E-state index contributed by atoms with van der Waals surface area (Å²) in [6.45, 7) is 11.1. The summed E-state index contributed by atoms with van der Waals surface area (Å²) in [4.78, 5) is 0. The largest absolute Gasteiger partial charge is 0.316 e. The van der Waals surface area contributed by atoms with Gasteiger partial charge in [-0.3, -0.25) is 0 Å². The molecule has 0 bridgehead atoms. The van der Waals surface area contributed by atoms with Gasteiger partial charge in [0.2, 0.25) is 0 Å². The molecule has 0 aliphatic carbocycles. The van der Waals surface area contributed by atoms with Gasteiger partial charge in [-0.2, -0.15) is 0 Å². The first-order valence-electron chi connectivity index (χ1n) is 7.51. The first kappa shape index (κ1) is 17.8. The second-order valence-corrected chi connectivity index (χ2v) is 7.26. The Bertz CT molecular complexity index is 417. The minimum Gasteiger partial charge on any atom is -0.316 e. The van der Waals surface area contributed by atoms with Crippen molar-refractivity contribution in [1.82, 2.24) is 5.32 Å². The zero-order chi connectivity index (χ0) is 15.2. The highest BCUT2D eigenvalue weighted by atomic mass is 35.5. The Morgan fingerprint density at radius 1 is 1.25 bits per heavy atom. The van der Waals surface area contributed by atoms with Crippen molar-refractivity contribution in [2.24, 2.45) is 11.3 Å². The smallest absolute Gasteiger partial charge is 0.0624 e. The minimum absolute atomic E-state index is 0.220. The molecule has 3 heteroatoms. The van der Waals surface area contributed by atoms with E-state index in [9.17, 15) is 0 Å². The fraction of sp³-hybridized carbons (Fsp3) is 0.647. The molecule has 0 amide bonds. The van der Waals surface area contributed by atoms with Crippen LogP contribution < -0.4 is 5.32 Å². The summed E-state index contributed by atoms with van der Waals surface area (Å²) in [6.07, 6.45) is 3.32. The van der Waals surface area contributed by atoms with E-state index in [1.54, 1.807) is 0 Å². The fourth-order valence-electron chi connectivity index (χ4n) is 2.65. The number of rotatable bonds is 8. The van der Waals surface area contributed by atoms with E-state index < -0.39 is 0 Å². The van der Waals surface area contributed by atoms with Crippen LogP contribution in [0.3, 0.4) is 0 Å². The molecular formula is C17H27Cl2N. The van der Waals surface area contributed by atoms with Gasteiger partial charge in [0, 0.05) is 6.54 Å². The van der Waals surface area contributed by atoms with Gasteiger partial charge < -0.3 is 5.32 Å². The van der Waals surface area contributed by atoms with E-state index in [-0.39, 0.29) is 5.41 Å². The molecule has 1 atom stereocenters. The maximum absolute atomic E-state index is 6.33. The molecule has 20 heavy (non-hydrogen) atoms. The molecule has 0 aliphatic rings. The van der Waals surface area contributed by atoms with Crippen LogP contribution in [-0.4, -0.2) is 13.1 Å². The summed E-state index contributed by atoms with van der Waals surface area (Å²) in [5.41, 5.74) is 1.37. The van der Waals surface area contributed by atoms with Gasteiger partial charge in [-0.1, -0.05) is 69.5 Å². The number of hydrogen-bond acceptors (Lipinski definition) is 1. The summed E-state index contributed by atoms with van der Waals surface area (Å²) in [5, 5.41) is 4.95. The lowest BCUT2D eigenvalue weighted by Crippen LogP contribution is -2.35. The summed E-state index contributed by atoms with van der Waals surface area (Å²) >= 11 is 12.4. The van der Waals surface area contributed by atoms with Crippen LogP contribution in [-0.2, 0) is 6.42 Å². The Morgan fingerprint density at radius 3 is 2.55 bits per heavy atom. The Morgan fingerprint density at radius 2 is 1.95 bits per heavy atom. The fourth-order valence-corrected chi connectivity index (χ4v) is 3.04. The molecular weight excluding hydrogens is 289 g/mol. The van der Waals surface area contributed by atoms with Crippen LogP contribution >= 0.6 is 23.2 Å². The van der Waals surface area contributed by atoms with Crippen LogP contribution in [0.2, 0.25) is 10.0 Å². The highest BCUT2D eigenvalue weighted by molar-refractivity contribution is 6.42. The van der Waals surface area contributed by atoms with Crippen molar-refractivity contribution in [3.8, 4) is 0 Å². The molecule has 0 saturated carbocycles. The summed E-state index contributed by atoms with van der Waals surface area (Å²) in [5.74, 6) is 0.677. The van der Waals surface area contributed by atoms with Crippen LogP contribution in [0.4, 0.5) is 0 Å². The van der Waals surface area contributed by atoms with Crippen molar-refractivity contribution < 1.29 is 0 Å². The lowest BCUT2D eigenvalue weighted by Gasteiger charge is -2.31. The molecule has 1 nitrogen and oxygen atoms in total. The Hall–Kier alpha value is -0.240. The highest BCUT2D eigenvalue weighted by Crippen LogP contribution is 2.33. The van der Waals surface area contributed by atoms with Crippen LogP contribution in [0.5, 0.6) is 0 Å². The van der Waals surface area contributed by atoms with Gasteiger partial charge in [-0.05, 0) is 42.3 Å². The lowest BCUT2D eigenvalue weighted by atomic mass is 9.79. The van der Waals surface area contributed by atoms with E-state index in [0.717, 1.165) is 25.1 Å². The molecule has 0 fully saturated rings. The van der Waals surface area contributed by atoms with E-state index in [1.165, 1.54) is 12.8 Å². The quantitative estimate of drug-likeness (QED) is 0.659. The minimum atomic E-state index is 0.220. The molecule has 0 radical (unpaired) electrons. The lowest BCUT2D eigenvalue weighted by molar-refractivity contribution is 0.271. The molecule has 0 heterocycles. The third kappa shape index (κ3) is 5.63. The van der Waals surface area contributed by atoms with Gasteiger partial charge in [0.1, 0.15) is 0 Å². The molecule has 114 valence electrons. The average molecular weight is 316 g/mol. The monoisotopic (exact) mass is 315 g/mol. The normalized spacial score (nSPS) is 14.6. The molecule has 0 aliphatic heterocycles. The van der Waals surface area contributed by atoms with Crippen molar-refractivity contribution in [2.45, 2.75) is 47.0 Å². The van der Waals surface area contributed by atoms with Crippen LogP contribution in [0, 0.1) is 11.3 Å². The molecule has 1 N–H and O–H groups in total. The zero-order valence-electron chi connectivity index (χ0n) is 13.1. The highest BCUT2D eigenvalue weighted by Gasteiger charge is 2.25. The molecule has 1 rings (SSSR count). The van der Waals surface area contributed by atoms with Crippen molar-refractivity contribution in [1.29, 1.82) is 0 Å². The Balaban J connectivity index is 2.76. The number of nitrogens with one attached hydrogen (secondary N) is 1. The second kappa shape index (κ2) is 8.26. The van der Waals surface area contributed by atoms with Crippen molar-refractivity contribution >= 4 is 23.2 Å². The topological polar surface area (TPSA) is 12.0 Å². The summed E-state index contributed by atoms with van der Waals surface area (Å²) in [6, 6.07) is 5.92. The second-order valence-electron chi connectivity index (χ2n) is 6.48. The van der Waals surface area contributed by atoms with E-state index in [0.29, 0.717) is 16.0 Å². The van der Waals surface area contributed by atoms with Gasteiger partial charge >= 0.3 is 0 Å².